The highest BCUT2D eigenvalue weighted by molar-refractivity contribution is 7.99. The van der Waals surface area contributed by atoms with Crippen molar-refractivity contribution in [3.63, 3.8) is 0 Å². The molecule has 0 N–H and O–H groups in total. The van der Waals surface area contributed by atoms with Gasteiger partial charge in [0.25, 0.3) is 0 Å². The molecule has 72 heavy (non-hydrogen) atoms. The number of hydrogen-bond donors (Lipinski definition) is 0. The maximum absolute atomic E-state index is 15.9. The third-order valence-electron chi connectivity index (χ3n) is 14.9. The first-order valence-electron chi connectivity index (χ1n) is 23.8. The number of carbonyl (C=O) groups excluding carboxylic acids is 3. The second kappa shape index (κ2) is 19.2. The van der Waals surface area contributed by atoms with Crippen LogP contribution in [0.15, 0.2) is 73.9 Å². The van der Waals surface area contributed by atoms with E-state index in [4.69, 9.17) is 37.9 Å². The molecule has 7 aliphatic heterocycles. The summed E-state index contributed by atoms with van der Waals surface area (Å²) in [5, 5.41) is 10.8. The van der Waals surface area contributed by atoms with Gasteiger partial charge in [0.1, 0.15) is 37.4 Å². The molecule has 0 radical (unpaired) electrons. The zero-order valence-electron chi connectivity index (χ0n) is 41.0. The van der Waals surface area contributed by atoms with Crippen LogP contribution in [0.25, 0.3) is 6.08 Å². The molecule has 4 bridgehead atoms. The normalized spacial score (nSPS) is 24.8. The fraction of sp³-hybridized carbons (Fsp3) is 0.382. The monoisotopic (exact) mass is 998 g/mol. The molecule has 4 aromatic rings. The number of methoxy groups -OCH3 is 2. The van der Waals surface area contributed by atoms with Gasteiger partial charge in [0, 0.05) is 59.6 Å². The predicted octanol–water partition coefficient (Wildman–Crippen LogP) is 7.80. The van der Waals surface area contributed by atoms with E-state index in [2.05, 4.69) is 35.1 Å². The lowest BCUT2D eigenvalue weighted by atomic mass is 9.71. The second-order valence-corrected chi connectivity index (χ2v) is 19.8. The molecule has 0 aliphatic carbocycles. The minimum Gasteiger partial charge on any atom is -0.493 e. The molecule has 7 aliphatic rings. The van der Waals surface area contributed by atoms with Crippen LogP contribution in [-0.2, 0) is 37.5 Å². The quantitative estimate of drug-likeness (QED) is 0.0620. The van der Waals surface area contributed by atoms with Gasteiger partial charge in [0.2, 0.25) is 12.7 Å². The SMILES string of the molecule is C=CCOc1cc2c(cc1OC)[C@@]1(CS[C@@H]3c4c(OC(C)=O)c(C)c5c(c4[C@H](COC1=O)N1[C@@H]3[C@@H]3c4c(cc(C)c(OC)c4OCC=C)C[C@@H]([C@@H]1C#N)N3C)OCO5)N(C(=O)/C=C/c1ccc(F)cc1)CC2. The smallest absolute Gasteiger partial charge is 0.337 e. The van der Waals surface area contributed by atoms with Gasteiger partial charge in [-0.05, 0) is 91.9 Å². The summed E-state index contributed by atoms with van der Waals surface area (Å²) in [7, 11) is 5.13. The van der Waals surface area contributed by atoms with Crippen molar-refractivity contribution >= 4 is 35.7 Å². The van der Waals surface area contributed by atoms with Crippen LogP contribution in [0, 0.1) is 31.0 Å². The number of carbonyl (C=O) groups is 3. The maximum atomic E-state index is 15.9. The second-order valence-electron chi connectivity index (χ2n) is 18.7. The minimum absolute atomic E-state index is 0.0965. The number of likely N-dealkylation sites (N-methyl/N-ethyl adjacent to an activating group) is 1. The molecule has 7 atom stereocenters. The Labute approximate surface area is 421 Å². The van der Waals surface area contributed by atoms with Gasteiger partial charge in [-0.2, -0.15) is 5.26 Å². The number of fused-ring (bicyclic) bond motifs is 9. The molecule has 0 aromatic heterocycles. The van der Waals surface area contributed by atoms with Gasteiger partial charge in [-0.1, -0.05) is 43.5 Å². The van der Waals surface area contributed by atoms with Crippen LogP contribution in [-0.4, -0.2) is 111 Å². The van der Waals surface area contributed by atoms with E-state index in [9.17, 15) is 14.4 Å². The molecule has 7 heterocycles. The zero-order valence-corrected chi connectivity index (χ0v) is 41.8. The van der Waals surface area contributed by atoms with Gasteiger partial charge >= 0.3 is 11.9 Å². The van der Waals surface area contributed by atoms with Crippen molar-refractivity contribution in [3.05, 3.63) is 130 Å². The standard InChI is InChI=1S/C55H55FN4O11S/c1-9-19-66-41-23-33-17-18-59(42(62)16-13-32-11-14-35(56)15-12-32)55(36(33)24-40(41)64-7)27-72-53-45-44(52-50(69-28-70-52)30(4)49(45)71-31(5)61)39(26-68-54(55)63)60-38(25-57)37-22-34-21-29(3)48(65-8)51(67-20-10-2)43(34)46(47(53)60)58(37)6/h9-16,21,23-24,37-39,46-47,53H,1-2,17-20,22,26-28H2,3-8H3/b16-13+/t37-,38-,39-,46-,47+,53+,55+/m0/s1. The fourth-order valence-electron chi connectivity index (χ4n) is 11.9. The van der Waals surface area contributed by atoms with Crippen molar-refractivity contribution in [2.75, 3.05) is 60.2 Å². The summed E-state index contributed by atoms with van der Waals surface area (Å²) in [5.74, 6) is 0.659. The average molecular weight is 999 g/mol. The Morgan fingerprint density at radius 2 is 1.69 bits per heavy atom. The van der Waals surface area contributed by atoms with Gasteiger partial charge in [-0.15, -0.1) is 11.8 Å². The molecule has 1 spiro atoms. The molecule has 17 heteroatoms. The number of nitriles is 1. The molecule has 2 fully saturated rings. The van der Waals surface area contributed by atoms with Crippen molar-refractivity contribution in [1.29, 1.82) is 5.26 Å². The first-order chi connectivity index (χ1) is 34.8. The van der Waals surface area contributed by atoms with Gasteiger partial charge in [-0.3, -0.25) is 19.4 Å². The lowest BCUT2D eigenvalue weighted by molar-refractivity contribution is -0.167. The van der Waals surface area contributed by atoms with E-state index in [-0.39, 0.29) is 50.7 Å². The topological polar surface area (TPSA) is 159 Å². The molecular weight excluding hydrogens is 944 g/mol. The molecule has 0 saturated carbocycles. The van der Waals surface area contributed by atoms with E-state index in [0.29, 0.717) is 75.2 Å². The zero-order chi connectivity index (χ0) is 50.7. The van der Waals surface area contributed by atoms with E-state index in [0.717, 1.165) is 22.3 Å². The van der Waals surface area contributed by atoms with E-state index < -0.39 is 58.6 Å². The summed E-state index contributed by atoms with van der Waals surface area (Å²) in [6, 6.07) is 11.0. The van der Waals surface area contributed by atoms with Crippen LogP contribution in [0.2, 0.25) is 0 Å². The summed E-state index contributed by atoms with van der Waals surface area (Å²) in [6.07, 6.45) is 7.10. The van der Waals surface area contributed by atoms with Gasteiger partial charge in [-0.25, -0.2) is 9.18 Å². The number of nitrogens with zero attached hydrogens (tertiary/aromatic N) is 4. The Bertz CT molecular complexity index is 2990. The number of piperazine rings is 1. The van der Waals surface area contributed by atoms with Crippen LogP contribution >= 0.6 is 11.8 Å². The Morgan fingerprint density at radius 1 is 0.944 bits per heavy atom. The van der Waals surface area contributed by atoms with E-state index in [1.54, 1.807) is 48.4 Å². The Hall–Kier alpha value is -7.00. The summed E-state index contributed by atoms with van der Waals surface area (Å²) in [5.41, 5.74) is 4.45. The van der Waals surface area contributed by atoms with Gasteiger partial charge in [0.05, 0.1) is 37.6 Å². The summed E-state index contributed by atoms with van der Waals surface area (Å²) >= 11 is 1.39. The van der Waals surface area contributed by atoms with Crippen LogP contribution < -0.4 is 33.2 Å². The summed E-state index contributed by atoms with van der Waals surface area (Å²) in [4.78, 5) is 50.2. The van der Waals surface area contributed by atoms with Crippen molar-refractivity contribution in [3.8, 4) is 46.3 Å². The van der Waals surface area contributed by atoms with Gasteiger partial charge < -0.3 is 42.8 Å². The van der Waals surface area contributed by atoms with Gasteiger partial charge in [0.15, 0.2) is 40.0 Å². The Kier molecular flexibility index (Phi) is 13.0. The fourth-order valence-corrected chi connectivity index (χ4v) is 13.7. The highest BCUT2D eigenvalue weighted by Gasteiger charge is 2.63. The Morgan fingerprint density at radius 3 is 2.40 bits per heavy atom. The molecule has 0 unspecified atom stereocenters. The molecular formula is C55H55FN4O11S. The molecule has 1 amide bonds. The number of rotatable bonds is 11. The number of thioether (sulfide) groups is 1. The molecule has 2 saturated heterocycles. The number of benzene rings is 4. The molecule has 15 nitrogen and oxygen atoms in total. The first kappa shape index (κ1) is 48.6. The van der Waals surface area contributed by atoms with Crippen LogP contribution in [0.5, 0.6) is 40.2 Å². The van der Waals surface area contributed by atoms with E-state index >= 15 is 9.59 Å². The third-order valence-corrected chi connectivity index (χ3v) is 16.3. The number of halogens is 1. The van der Waals surface area contributed by atoms with Crippen molar-refractivity contribution in [2.24, 2.45) is 0 Å². The third kappa shape index (κ3) is 7.64. The lowest BCUT2D eigenvalue weighted by Crippen LogP contribution is -2.69. The van der Waals surface area contributed by atoms with Crippen molar-refractivity contribution < 1.29 is 56.7 Å². The molecule has 374 valence electrons. The average Bonchev–Trinajstić information content (AvgIpc) is 3.87. The molecule has 11 rings (SSSR count). The first-order valence-corrected chi connectivity index (χ1v) is 24.8. The Balaban J connectivity index is 1.24. The number of ether oxygens (including phenoxy) is 8. The van der Waals surface area contributed by atoms with Crippen LogP contribution in [0.3, 0.4) is 0 Å². The van der Waals surface area contributed by atoms with Crippen molar-refractivity contribution in [2.45, 2.75) is 74.6 Å². The number of amides is 1. The largest absolute Gasteiger partial charge is 0.493 e. The van der Waals surface area contributed by atoms with E-state index in [1.807, 2.05) is 27.0 Å². The number of hydrogen-bond acceptors (Lipinski definition) is 15. The highest BCUT2D eigenvalue weighted by Crippen LogP contribution is 2.65. The summed E-state index contributed by atoms with van der Waals surface area (Å²) in [6.45, 7) is 12.9. The van der Waals surface area contributed by atoms with Crippen molar-refractivity contribution in [1.82, 2.24) is 14.7 Å². The molecule has 4 aromatic carbocycles. The van der Waals surface area contributed by atoms with Crippen LogP contribution in [0.4, 0.5) is 4.39 Å². The highest BCUT2D eigenvalue weighted by atomic mass is 32.2. The maximum Gasteiger partial charge on any atom is 0.337 e. The minimum atomic E-state index is -1.82. The van der Waals surface area contributed by atoms with Crippen LogP contribution in [0.1, 0.15) is 74.3 Å². The summed E-state index contributed by atoms with van der Waals surface area (Å²) < 4.78 is 64.3. The van der Waals surface area contributed by atoms with E-state index in [1.165, 1.54) is 44.0 Å². The number of esters is 2. The lowest BCUT2D eigenvalue weighted by Gasteiger charge is -2.62. The predicted molar refractivity (Wildman–Crippen MR) is 265 cm³/mol. The number of aryl methyl sites for hydroxylation is 1.